The summed E-state index contributed by atoms with van der Waals surface area (Å²) in [7, 11) is 0. The second kappa shape index (κ2) is 7.75. The molecule has 1 heterocycles. The van der Waals surface area contributed by atoms with E-state index in [-0.39, 0.29) is 11.3 Å². The van der Waals surface area contributed by atoms with Gasteiger partial charge in [-0.25, -0.2) is 9.69 Å². The minimum absolute atomic E-state index is 0.119. The highest BCUT2D eigenvalue weighted by atomic mass is 79.9. The van der Waals surface area contributed by atoms with Gasteiger partial charge in [0.15, 0.2) is 0 Å². The third-order valence-electron chi connectivity index (χ3n) is 4.04. The number of nitrogens with zero attached hydrogens (tertiary/aromatic N) is 1. The molecule has 0 unspecified atom stereocenters. The van der Waals surface area contributed by atoms with E-state index in [2.05, 4.69) is 21.2 Å². The van der Waals surface area contributed by atoms with Gasteiger partial charge in [0.2, 0.25) is 0 Å². The van der Waals surface area contributed by atoms with Gasteiger partial charge >= 0.3 is 6.03 Å². The van der Waals surface area contributed by atoms with E-state index in [1.54, 1.807) is 37.3 Å². The quantitative estimate of drug-likeness (QED) is 0.592. The zero-order valence-electron chi connectivity index (χ0n) is 14.8. The Balaban J connectivity index is 2.06. The van der Waals surface area contributed by atoms with Crippen LogP contribution in [-0.4, -0.2) is 24.5 Å². The van der Waals surface area contributed by atoms with Crippen molar-refractivity contribution >= 4 is 45.5 Å². The van der Waals surface area contributed by atoms with Crippen LogP contribution in [0.1, 0.15) is 18.1 Å². The standard InChI is InChI=1S/C20H17BrN2O4/c1-3-27-17-7-5-4-6-16(17)23-19(25)15(18(24)22-20(23)26)11-13-8-9-14(21)10-12(13)2/h4-11H,3H2,1-2H3,(H,22,24,26)/b15-11-. The lowest BCUT2D eigenvalue weighted by Crippen LogP contribution is -2.54. The Morgan fingerprint density at radius 3 is 2.59 bits per heavy atom. The average Bonchev–Trinajstić information content (AvgIpc) is 2.61. The molecule has 27 heavy (non-hydrogen) atoms. The molecule has 1 aliphatic heterocycles. The van der Waals surface area contributed by atoms with Crippen molar-refractivity contribution in [3.8, 4) is 5.75 Å². The van der Waals surface area contributed by atoms with Crippen molar-refractivity contribution in [2.45, 2.75) is 13.8 Å². The number of para-hydroxylation sites is 2. The fourth-order valence-corrected chi connectivity index (χ4v) is 3.23. The smallest absolute Gasteiger partial charge is 0.336 e. The highest BCUT2D eigenvalue weighted by molar-refractivity contribution is 9.10. The van der Waals surface area contributed by atoms with Crippen LogP contribution in [0.15, 0.2) is 52.5 Å². The average molecular weight is 429 g/mol. The summed E-state index contributed by atoms with van der Waals surface area (Å²) in [6.07, 6.45) is 1.49. The Labute approximate surface area is 164 Å². The summed E-state index contributed by atoms with van der Waals surface area (Å²) in [5.41, 5.74) is 1.76. The molecule has 0 bridgehead atoms. The first-order chi connectivity index (χ1) is 12.9. The molecule has 138 valence electrons. The molecule has 0 aliphatic carbocycles. The predicted molar refractivity (Wildman–Crippen MR) is 105 cm³/mol. The largest absolute Gasteiger partial charge is 0.492 e. The second-order valence-electron chi connectivity index (χ2n) is 5.86. The van der Waals surface area contributed by atoms with Gasteiger partial charge in [0, 0.05) is 4.47 Å². The van der Waals surface area contributed by atoms with Gasteiger partial charge in [-0.2, -0.15) is 0 Å². The van der Waals surface area contributed by atoms with Crippen LogP contribution in [0.25, 0.3) is 6.08 Å². The molecule has 1 fully saturated rings. The molecule has 0 radical (unpaired) electrons. The SMILES string of the molecule is CCOc1ccccc1N1C(=O)NC(=O)/C(=C/c2ccc(Br)cc2C)C1=O. The van der Waals surface area contributed by atoms with Crippen LogP contribution in [0.5, 0.6) is 5.75 Å². The molecule has 2 aromatic carbocycles. The summed E-state index contributed by atoms with van der Waals surface area (Å²) in [5.74, 6) is -1.03. The fraction of sp³-hybridized carbons (Fsp3) is 0.150. The number of imide groups is 2. The number of aryl methyl sites for hydroxylation is 1. The highest BCUT2D eigenvalue weighted by Gasteiger charge is 2.38. The molecule has 7 heteroatoms. The van der Waals surface area contributed by atoms with Crippen molar-refractivity contribution in [3.05, 3.63) is 63.6 Å². The summed E-state index contributed by atoms with van der Waals surface area (Å²) >= 11 is 3.38. The number of hydrogen-bond acceptors (Lipinski definition) is 4. The number of hydrogen-bond donors (Lipinski definition) is 1. The lowest BCUT2D eigenvalue weighted by molar-refractivity contribution is -0.122. The molecule has 0 saturated carbocycles. The van der Waals surface area contributed by atoms with E-state index in [0.29, 0.717) is 17.9 Å². The van der Waals surface area contributed by atoms with Crippen LogP contribution in [0.2, 0.25) is 0 Å². The molecule has 1 N–H and O–H groups in total. The Kier molecular flexibility index (Phi) is 5.41. The molecular weight excluding hydrogens is 412 g/mol. The molecule has 0 atom stereocenters. The van der Waals surface area contributed by atoms with Crippen molar-refractivity contribution < 1.29 is 19.1 Å². The number of benzene rings is 2. The number of nitrogens with one attached hydrogen (secondary N) is 1. The van der Waals surface area contributed by atoms with Crippen LogP contribution in [0, 0.1) is 6.92 Å². The first-order valence-electron chi connectivity index (χ1n) is 8.31. The number of barbiturate groups is 1. The van der Waals surface area contributed by atoms with Crippen molar-refractivity contribution in [1.82, 2.24) is 5.32 Å². The predicted octanol–water partition coefficient (Wildman–Crippen LogP) is 3.82. The Hall–Kier alpha value is -2.93. The first kappa shape index (κ1) is 18.8. The topological polar surface area (TPSA) is 75.7 Å². The van der Waals surface area contributed by atoms with E-state index in [9.17, 15) is 14.4 Å². The molecular formula is C20H17BrN2O4. The monoisotopic (exact) mass is 428 g/mol. The van der Waals surface area contributed by atoms with E-state index in [4.69, 9.17) is 4.74 Å². The molecule has 4 amide bonds. The zero-order valence-corrected chi connectivity index (χ0v) is 16.4. The van der Waals surface area contributed by atoms with Crippen molar-refractivity contribution in [2.75, 3.05) is 11.5 Å². The van der Waals surface area contributed by atoms with Crippen LogP contribution < -0.4 is 15.0 Å². The summed E-state index contributed by atoms with van der Waals surface area (Å²) in [5, 5.41) is 2.22. The van der Waals surface area contributed by atoms with Gasteiger partial charge in [0.25, 0.3) is 11.8 Å². The molecule has 0 spiro atoms. The van der Waals surface area contributed by atoms with Gasteiger partial charge in [-0.15, -0.1) is 0 Å². The van der Waals surface area contributed by atoms with Gasteiger partial charge in [0.05, 0.1) is 12.3 Å². The fourth-order valence-electron chi connectivity index (χ4n) is 2.75. The van der Waals surface area contributed by atoms with Crippen molar-refractivity contribution in [2.24, 2.45) is 0 Å². The maximum Gasteiger partial charge on any atom is 0.336 e. The summed E-state index contributed by atoms with van der Waals surface area (Å²) in [4.78, 5) is 38.6. The van der Waals surface area contributed by atoms with Crippen LogP contribution in [0.3, 0.4) is 0 Å². The maximum atomic E-state index is 13.0. The second-order valence-corrected chi connectivity index (χ2v) is 6.78. The molecule has 1 aliphatic rings. The minimum Gasteiger partial charge on any atom is -0.492 e. The normalized spacial score (nSPS) is 15.9. The Bertz CT molecular complexity index is 968. The van der Waals surface area contributed by atoms with Gasteiger partial charge in [-0.3, -0.25) is 14.9 Å². The van der Waals surface area contributed by atoms with Crippen molar-refractivity contribution in [3.63, 3.8) is 0 Å². The van der Waals surface area contributed by atoms with E-state index in [1.165, 1.54) is 6.08 Å². The van der Waals surface area contributed by atoms with Gasteiger partial charge in [-0.05, 0) is 55.3 Å². The summed E-state index contributed by atoms with van der Waals surface area (Å²) < 4.78 is 6.41. The highest BCUT2D eigenvalue weighted by Crippen LogP contribution is 2.31. The number of urea groups is 1. The lowest BCUT2D eigenvalue weighted by atomic mass is 10.0. The Morgan fingerprint density at radius 2 is 1.89 bits per heavy atom. The van der Waals surface area contributed by atoms with Gasteiger partial charge in [0.1, 0.15) is 11.3 Å². The lowest BCUT2D eigenvalue weighted by Gasteiger charge is -2.27. The Morgan fingerprint density at radius 1 is 1.15 bits per heavy atom. The number of carbonyl (C=O) groups is 3. The summed E-state index contributed by atoms with van der Waals surface area (Å²) in [6, 6.07) is 11.4. The summed E-state index contributed by atoms with van der Waals surface area (Å²) in [6.45, 7) is 4.05. The third kappa shape index (κ3) is 3.78. The minimum atomic E-state index is -0.804. The molecule has 6 nitrogen and oxygen atoms in total. The number of ether oxygens (including phenoxy) is 1. The number of amides is 4. The van der Waals surface area contributed by atoms with Crippen LogP contribution in [0.4, 0.5) is 10.5 Å². The maximum absolute atomic E-state index is 13.0. The van der Waals surface area contributed by atoms with E-state index < -0.39 is 17.8 Å². The molecule has 0 aromatic heterocycles. The number of halogens is 1. The first-order valence-corrected chi connectivity index (χ1v) is 9.11. The number of carbonyl (C=O) groups excluding carboxylic acids is 3. The van der Waals surface area contributed by atoms with Crippen molar-refractivity contribution in [1.29, 1.82) is 0 Å². The van der Waals surface area contributed by atoms with Gasteiger partial charge < -0.3 is 4.74 Å². The molecule has 1 saturated heterocycles. The number of rotatable bonds is 4. The van der Waals surface area contributed by atoms with Crippen LogP contribution in [-0.2, 0) is 9.59 Å². The third-order valence-corrected chi connectivity index (χ3v) is 4.53. The van der Waals surface area contributed by atoms with Crippen LogP contribution >= 0.6 is 15.9 Å². The zero-order chi connectivity index (χ0) is 19.6. The van der Waals surface area contributed by atoms with E-state index >= 15 is 0 Å². The van der Waals surface area contributed by atoms with Gasteiger partial charge in [-0.1, -0.05) is 34.1 Å². The number of anilines is 1. The molecule has 2 aromatic rings. The molecule has 3 rings (SSSR count). The van der Waals surface area contributed by atoms with E-state index in [1.807, 2.05) is 19.1 Å². The van der Waals surface area contributed by atoms with E-state index in [0.717, 1.165) is 14.9 Å².